The number of likely N-dealkylation sites (N-methyl/N-ethyl adjacent to an activating group) is 1. The zero-order chi connectivity index (χ0) is 24.5. The Morgan fingerprint density at radius 2 is 1.76 bits per heavy atom. The van der Waals surface area contributed by atoms with E-state index in [4.69, 9.17) is 21.1 Å². The number of rotatable bonds is 11. The molecule has 0 spiro atoms. The van der Waals surface area contributed by atoms with Gasteiger partial charge < -0.3 is 19.7 Å². The van der Waals surface area contributed by atoms with E-state index in [-0.39, 0.29) is 17.5 Å². The highest BCUT2D eigenvalue weighted by atomic mass is 35.5. The maximum atomic E-state index is 13.0. The Bertz CT molecular complexity index is 1120. The molecular formula is C24H26ClFN4O3S. The molecule has 3 aromatic rings. The summed E-state index contributed by atoms with van der Waals surface area (Å²) in [6.45, 7) is 1.01. The van der Waals surface area contributed by atoms with Gasteiger partial charge in [0.05, 0.1) is 20.0 Å². The van der Waals surface area contributed by atoms with Gasteiger partial charge >= 0.3 is 0 Å². The van der Waals surface area contributed by atoms with Gasteiger partial charge in [-0.25, -0.2) is 14.4 Å². The molecule has 1 N–H and O–H groups in total. The molecule has 0 fully saturated rings. The van der Waals surface area contributed by atoms with Crippen LogP contribution in [-0.4, -0.2) is 49.4 Å². The first kappa shape index (κ1) is 25.6. The van der Waals surface area contributed by atoms with Gasteiger partial charge in [-0.1, -0.05) is 41.6 Å². The minimum Gasteiger partial charge on any atom is -0.493 e. The lowest BCUT2D eigenvalue weighted by Gasteiger charge is -2.19. The molecule has 0 saturated heterocycles. The van der Waals surface area contributed by atoms with Crippen LogP contribution in [0.2, 0.25) is 5.15 Å². The lowest BCUT2D eigenvalue weighted by Crippen LogP contribution is -2.25. The second kappa shape index (κ2) is 12.4. The summed E-state index contributed by atoms with van der Waals surface area (Å²) in [6.07, 6.45) is 0.757. The van der Waals surface area contributed by atoms with Crippen LogP contribution in [0.5, 0.6) is 11.5 Å². The molecule has 3 rings (SSSR count). The number of nitrogens with zero attached hydrogens (tertiary/aromatic N) is 3. The molecule has 2 aromatic carbocycles. The van der Waals surface area contributed by atoms with Crippen LogP contribution in [0, 0.1) is 5.82 Å². The van der Waals surface area contributed by atoms with E-state index < -0.39 is 0 Å². The van der Waals surface area contributed by atoms with Gasteiger partial charge in [0.1, 0.15) is 16.8 Å². The van der Waals surface area contributed by atoms with Crippen molar-refractivity contribution in [2.45, 2.75) is 18.1 Å². The molecular weight excluding hydrogens is 479 g/mol. The number of amides is 1. The van der Waals surface area contributed by atoms with Gasteiger partial charge in [-0.2, -0.15) is 0 Å². The van der Waals surface area contributed by atoms with Crippen LogP contribution in [0.3, 0.4) is 0 Å². The van der Waals surface area contributed by atoms with Gasteiger partial charge in [0, 0.05) is 26.2 Å². The van der Waals surface area contributed by atoms with Crippen molar-refractivity contribution in [1.82, 2.24) is 15.3 Å². The number of nitrogens with one attached hydrogen (secondary N) is 1. The molecule has 0 bridgehead atoms. The van der Waals surface area contributed by atoms with Crippen LogP contribution >= 0.6 is 23.4 Å². The van der Waals surface area contributed by atoms with E-state index in [0.29, 0.717) is 40.7 Å². The third kappa shape index (κ3) is 7.50. The standard InChI is InChI=1S/C24H26ClFN4O3S/c1-30(11-10-16-6-9-19(32-2)20(12-16)33-3)22-13-21(25)28-24(29-22)34-15-23(31)27-14-17-4-7-18(26)8-5-17/h4-9,12-13H,10-11,14-15H2,1-3H3,(H,27,31). The van der Waals surface area contributed by atoms with Gasteiger partial charge in [0.25, 0.3) is 0 Å². The number of carbonyl (C=O) groups is 1. The molecule has 0 aliphatic heterocycles. The van der Waals surface area contributed by atoms with Crippen molar-refractivity contribution in [3.8, 4) is 11.5 Å². The number of anilines is 1. The number of hydrogen-bond acceptors (Lipinski definition) is 7. The third-order valence-electron chi connectivity index (χ3n) is 4.97. The summed E-state index contributed by atoms with van der Waals surface area (Å²) in [7, 11) is 5.14. The summed E-state index contributed by atoms with van der Waals surface area (Å²) < 4.78 is 23.6. The third-order valence-corrected chi connectivity index (χ3v) is 6.01. The fourth-order valence-electron chi connectivity index (χ4n) is 3.08. The maximum absolute atomic E-state index is 13.0. The Balaban J connectivity index is 1.54. The molecule has 1 heterocycles. The van der Waals surface area contributed by atoms with E-state index in [2.05, 4.69) is 15.3 Å². The van der Waals surface area contributed by atoms with Crippen LogP contribution in [0.1, 0.15) is 11.1 Å². The first-order valence-corrected chi connectivity index (χ1v) is 11.8. The molecule has 0 atom stereocenters. The van der Waals surface area contributed by atoms with Crippen molar-refractivity contribution in [2.75, 3.05) is 38.5 Å². The smallest absolute Gasteiger partial charge is 0.230 e. The zero-order valence-electron chi connectivity index (χ0n) is 19.2. The van der Waals surface area contributed by atoms with Crippen molar-refractivity contribution < 1.29 is 18.7 Å². The van der Waals surface area contributed by atoms with E-state index in [1.807, 2.05) is 30.1 Å². The summed E-state index contributed by atoms with van der Waals surface area (Å²) in [6, 6.07) is 13.5. The molecule has 1 amide bonds. The molecule has 34 heavy (non-hydrogen) atoms. The number of methoxy groups -OCH3 is 2. The summed E-state index contributed by atoms with van der Waals surface area (Å²) >= 11 is 7.40. The number of hydrogen-bond donors (Lipinski definition) is 1. The van der Waals surface area contributed by atoms with Crippen molar-refractivity contribution >= 4 is 35.1 Å². The Morgan fingerprint density at radius 3 is 2.47 bits per heavy atom. The molecule has 180 valence electrons. The predicted octanol–water partition coefficient (Wildman–Crippen LogP) is 4.37. The zero-order valence-corrected chi connectivity index (χ0v) is 20.8. The second-order valence-corrected chi connectivity index (χ2v) is 8.71. The topological polar surface area (TPSA) is 76.6 Å². The molecule has 7 nitrogen and oxygen atoms in total. The molecule has 0 radical (unpaired) electrons. The predicted molar refractivity (Wildman–Crippen MR) is 133 cm³/mol. The Morgan fingerprint density at radius 1 is 1.06 bits per heavy atom. The number of ether oxygens (including phenoxy) is 2. The van der Waals surface area contributed by atoms with Gasteiger partial charge in [-0.3, -0.25) is 4.79 Å². The normalized spacial score (nSPS) is 10.6. The molecule has 0 aliphatic carbocycles. The maximum Gasteiger partial charge on any atom is 0.230 e. The SMILES string of the molecule is COc1ccc(CCN(C)c2cc(Cl)nc(SCC(=O)NCc3ccc(F)cc3)n2)cc1OC. The van der Waals surface area contributed by atoms with Gasteiger partial charge in [-0.05, 0) is 41.8 Å². The molecule has 1 aromatic heterocycles. The summed E-state index contributed by atoms with van der Waals surface area (Å²) in [5.41, 5.74) is 1.91. The number of carbonyl (C=O) groups excluding carboxylic acids is 1. The highest BCUT2D eigenvalue weighted by Crippen LogP contribution is 2.28. The van der Waals surface area contributed by atoms with Crippen LogP contribution in [-0.2, 0) is 17.8 Å². The lowest BCUT2D eigenvalue weighted by atomic mass is 10.1. The van der Waals surface area contributed by atoms with E-state index in [9.17, 15) is 9.18 Å². The highest BCUT2D eigenvalue weighted by molar-refractivity contribution is 7.99. The number of halogens is 2. The van der Waals surface area contributed by atoms with Crippen LogP contribution in [0.4, 0.5) is 10.2 Å². The van der Waals surface area contributed by atoms with E-state index in [0.717, 1.165) is 17.5 Å². The average Bonchev–Trinajstić information content (AvgIpc) is 2.85. The van der Waals surface area contributed by atoms with E-state index >= 15 is 0 Å². The van der Waals surface area contributed by atoms with Crippen molar-refractivity contribution in [3.63, 3.8) is 0 Å². The Hall–Kier alpha value is -3.04. The van der Waals surface area contributed by atoms with Crippen molar-refractivity contribution in [3.05, 3.63) is 70.6 Å². The minimum atomic E-state index is -0.312. The van der Waals surface area contributed by atoms with Crippen LogP contribution in [0.15, 0.2) is 53.7 Å². The van der Waals surface area contributed by atoms with Crippen LogP contribution in [0.25, 0.3) is 0 Å². The largest absolute Gasteiger partial charge is 0.493 e. The van der Waals surface area contributed by atoms with Gasteiger partial charge in [0.2, 0.25) is 5.91 Å². The molecule has 0 saturated carbocycles. The monoisotopic (exact) mass is 504 g/mol. The number of aromatic nitrogens is 2. The van der Waals surface area contributed by atoms with E-state index in [1.54, 1.807) is 32.4 Å². The summed E-state index contributed by atoms with van der Waals surface area (Å²) in [5, 5.41) is 3.51. The quantitative estimate of drug-likeness (QED) is 0.236. The first-order chi connectivity index (χ1) is 16.4. The molecule has 0 aliphatic rings. The Labute approximate surface area is 207 Å². The highest BCUT2D eigenvalue weighted by Gasteiger charge is 2.12. The van der Waals surface area contributed by atoms with Crippen molar-refractivity contribution in [2.24, 2.45) is 0 Å². The fourth-order valence-corrected chi connectivity index (χ4v) is 3.99. The Kier molecular flexibility index (Phi) is 9.35. The number of benzene rings is 2. The summed E-state index contributed by atoms with van der Waals surface area (Å²) in [5.74, 6) is 1.68. The van der Waals surface area contributed by atoms with Crippen molar-refractivity contribution in [1.29, 1.82) is 0 Å². The first-order valence-electron chi connectivity index (χ1n) is 10.5. The number of thioether (sulfide) groups is 1. The van der Waals surface area contributed by atoms with Gasteiger partial charge in [0.15, 0.2) is 16.7 Å². The van der Waals surface area contributed by atoms with Crippen LogP contribution < -0.4 is 19.7 Å². The van der Waals surface area contributed by atoms with E-state index in [1.165, 1.54) is 23.9 Å². The van der Waals surface area contributed by atoms with Gasteiger partial charge in [-0.15, -0.1) is 0 Å². The second-order valence-electron chi connectivity index (χ2n) is 7.38. The molecule has 10 heteroatoms. The minimum absolute atomic E-state index is 0.135. The molecule has 0 unspecified atom stereocenters. The lowest BCUT2D eigenvalue weighted by molar-refractivity contribution is -0.118. The summed E-state index contributed by atoms with van der Waals surface area (Å²) in [4.78, 5) is 22.9. The fraction of sp³-hybridized carbons (Fsp3) is 0.292. The average molecular weight is 505 g/mol.